The molecule has 0 spiro atoms. The van der Waals surface area contributed by atoms with E-state index >= 15 is 0 Å². The van der Waals surface area contributed by atoms with E-state index < -0.39 is 0 Å². The van der Waals surface area contributed by atoms with Gasteiger partial charge < -0.3 is 10.6 Å². The van der Waals surface area contributed by atoms with E-state index in [0.29, 0.717) is 17.1 Å². The van der Waals surface area contributed by atoms with Crippen LogP contribution in [0.1, 0.15) is 0 Å². The summed E-state index contributed by atoms with van der Waals surface area (Å²) < 4.78 is 0. The summed E-state index contributed by atoms with van der Waals surface area (Å²) >= 11 is 0. The average molecular weight is 147 g/mol. The molecule has 1 rings (SSSR count). The molecule has 56 valence electrons. The van der Waals surface area contributed by atoms with Gasteiger partial charge in [-0.3, -0.25) is 0 Å². The first-order chi connectivity index (χ1) is 5.16. The predicted octanol–water partition coefficient (Wildman–Crippen LogP) is 0.696. The van der Waals surface area contributed by atoms with Gasteiger partial charge in [0.25, 0.3) is 0 Å². The molecule has 3 nitrogen and oxygen atoms in total. The van der Waals surface area contributed by atoms with Crippen molar-refractivity contribution in [2.24, 2.45) is 5.73 Å². The lowest BCUT2D eigenvalue weighted by Crippen LogP contribution is -2.22. The maximum absolute atomic E-state index is 8.59. The van der Waals surface area contributed by atoms with E-state index in [9.17, 15) is 0 Å². The molecular formula is C8H9N3. The Labute approximate surface area is 65.7 Å². The highest BCUT2D eigenvalue weighted by atomic mass is 15.1. The second-order valence-corrected chi connectivity index (χ2v) is 2.29. The first-order valence-electron chi connectivity index (χ1n) is 3.17. The molecule has 1 aliphatic heterocycles. The van der Waals surface area contributed by atoms with Crippen LogP contribution >= 0.6 is 0 Å². The van der Waals surface area contributed by atoms with E-state index in [1.807, 2.05) is 6.07 Å². The Balaban J connectivity index is 3.05. The number of allylic oxidation sites excluding steroid dienone is 3. The highest BCUT2D eigenvalue weighted by Gasteiger charge is 2.12. The summed E-state index contributed by atoms with van der Waals surface area (Å²) in [7, 11) is 1.76. The second-order valence-electron chi connectivity index (χ2n) is 2.29. The zero-order chi connectivity index (χ0) is 8.43. The molecule has 3 heteroatoms. The van der Waals surface area contributed by atoms with Crippen LogP contribution in [0, 0.1) is 11.3 Å². The maximum atomic E-state index is 8.59. The summed E-state index contributed by atoms with van der Waals surface area (Å²) in [5, 5.41) is 8.59. The van der Waals surface area contributed by atoms with E-state index in [4.69, 9.17) is 11.0 Å². The molecule has 0 bridgehead atoms. The number of nitrogens with zero attached hydrogens (tertiary/aromatic N) is 2. The fourth-order valence-electron chi connectivity index (χ4n) is 0.828. The van der Waals surface area contributed by atoms with Gasteiger partial charge in [0, 0.05) is 7.05 Å². The number of hydrogen-bond acceptors (Lipinski definition) is 3. The summed E-state index contributed by atoms with van der Waals surface area (Å²) in [6, 6.07) is 2.03. The van der Waals surface area contributed by atoms with Crippen LogP contribution in [0.3, 0.4) is 0 Å². The molecule has 0 saturated carbocycles. The van der Waals surface area contributed by atoms with Crippen LogP contribution in [-0.4, -0.2) is 11.9 Å². The molecular weight excluding hydrogens is 138 g/mol. The summed E-state index contributed by atoms with van der Waals surface area (Å²) in [4.78, 5) is 1.66. The van der Waals surface area contributed by atoms with Gasteiger partial charge >= 0.3 is 0 Å². The molecule has 11 heavy (non-hydrogen) atoms. The zero-order valence-corrected chi connectivity index (χ0v) is 6.33. The van der Waals surface area contributed by atoms with Crippen LogP contribution in [0.25, 0.3) is 0 Å². The first kappa shape index (κ1) is 7.42. The van der Waals surface area contributed by atoms with Gasteiger partial charge in [0.1, 0.15) is 11.8 Å². The molecule has 2 N–H and O–H groups in total. The normalized spacial score (nSPS) is 17.1. The van der Waals surface area contributed by atoms with E-state index in [1.54, 1.807) is 24.1 Å². The van der Waals surface area contributed by atoms with Crippen molar-refractivity contribution in [3.05, 3.63) is 35.8 Å². The third-order valence-electron chi connectivity index (χ3n) is 1.63. The molecule has 0 atom stereocenters. The minimum atomic E-state index is 0.559. The average Bonchev–Trinajstić information content (AvgIpc) is 2.01. The summed E-state index contributed by atoms with van der Waals surface area (Å²) in [6.07, 6.45) is 3.35. The van der Waals surface area contributed by atoms with Gasteiger partial charge in [0.05, 0.1) is 11.4 Å². The molecule has 0 aromatic rings. The molecule has 0 amide bonds. The first-order valence-corrected chi connectivity index (χ1v) is 3.17. The molecule has 1 heterocycles. The number of nitrogens with two attached hydrogens (primary N) is 1. The van der Waals surface area contributed by atoms with E-state index in [0.717, 1.165) is 0 Å². The van der Waals surface area contributed by atoms with Crippen LogP contribution in [0.15, 0.2) is 35.8 Å². The van der Waals surface area contributed by atoms with Crippen LogP contribution in [-0.2, 0) is 0 Å². The van der Waals surface area contributed by atoms with E-state index in [1.165, 1.54) is 0 Å². The Kier molecular flexibility index (Phi) is 1.69. The van der Waals surface area contributed by atoms with Crippen molar-refractivity contribution in [1.29, 1.82) is 5.26 Å². The van der Waals surface area contributed by atoms with Crippen LogP contribution in [0.2, 0.25) is 0 Å². The highest BCUT2D eigenvalue weighted by molar-refractivity contribution is 5.41. The third-order valence-corrected chi connectivity index (χ3v) is 1.63. The molecule has 1 aliphatic rings. The summed E-state index contributed by atoms with van der Waals surface area (Å²) in [5.41, 5.74) is 7.38. The Morgan fingerprint density at radius 1 is 1.64 bits per heavy atom. The SMILES string of the molecule is C=C1C(N)=CC=C(C#N)N1C. The van der Waals surface area contributed by atoms with Gasteiger partial charge in [-0.25, -0.2) is 0 Å². The van der Waals surface area contributed by atoms with Gasteiger partial charge in [0.2, 0.25) is 0 Å². The van der Waals surface area contributed by atoms with Gasteiger partial charge in [-0.2, -0.15) is 5.26 Å². The van der Waals surface area contributed by atoms with Crippen molar-refractivity contribution >= 4 is 0 Å². The van der Waals surface area contributed by atoms with E-state index in [2.05, 4.69) is 6.58 Å². The maximum Gasteiger partial charge on any atom is 0.120 e. The quantitative estimate of drug-likeness (QED) is 0.548. The summed E-state index contributed by atoms with van der Waals surface area (Å²) in [5.74, 6) is 0. The van der Waals surface area contributed by atoms with Crippen LogP contribution in [0.5, 0.6) is 0 Å². The lowest BCUT2D eigenvalue weighted by atomic mass is 10.2. The van der Waals surface area contributed by atoms with Gasteiger partial charge in [-0.15, -0.1) is 0 Å². The standard InChI is InChI=1S/C8H9N3/c1-6-8(10)4-3-7(5-9)11(6)2/h3-4H,1,10H2,2H3. The number of likely N-dealkylation sites (N-methyl/N-ethyl adjacent to an activating group) is 1. The van der Waals surface area contributed by atoms with Crippen molar-refractivity contribution in [2.75, 3.05) is 7.05 Å². The molecule has 0 aromatic heterocycles. The third kappa shape index (κ3) is 1.10. The van der Waals surface area contributed by atoms with Crippen LogP contribution < -0.4 is 5.73 Å². The van der Waals surface area contributed by atoms with Crippen molar-refractivity contribution in [3.63, 3.8) is 0 Å². The van der Waals surface area contributed by atoms with Gasteiger partial charge in [-0.05, 0) is 12.2 Å². The fourth-order valence-corrected chi connectivity index (χ4v) is 0.828. The Morgan fingerprint density at radius 3 is 2.82 bits per heavy atom. The van der Waals surface area contributed by atoms with Crippen molar-refractivity contribution < 1.29 is 0 Å². The number of hydrogen-bond donors (Lipinski definition) is 1. The molecule has 0 unspecified atom stereocenters. The highest BCUT2D eigenvalue weighted by Crippen LogP contribution is 2.17. The lowest BCUT2D eigenvalue weighted by Gasteiger charge is -2.23. The van der Waals surface area contributed by atoms with Crippen molar-refractivity contribution in [3.8, 4) is 6.07 Å². The topological polar surface area (TPSA) is 53.1 Å². The lowest BCUT2D eigenvalue weighted by molar-refractivity contribution is 0.543. The molecule has 0 saturated heterocycles. The van der Waals surface area contributed by atoms with E-state index in [-0.39, 0.29) is 0 Å². The van der Waals surface area contributed by atoms with Crippen molar-refractivity contribution in [1.82, 2.24) is 4.90 Å². The van der Waals surface area contributed by atoms with Gasteiger partial charge in [-0.1, -0.05) is 6.58 Å². The zero-order valence-electron chi connectivity index (χ0n) is 6.33. The van der Waals surface area contributed by atoms with Gasteiger partial charge in [0.15, 0.2) is 0 Å². The minimum Gasteiger partial charge on any atom is -0.397 e. The molecule has 0 aromatic carbocycles. The fraction of sp³-hybridized carbons (Fsp3) is 0.125. The molecule has 0 fully saturated rings. The minimum absolute atomic E-state index is 0.559. The Bertz CT molecular complexity index is 291. The van der Waals surface area contributed by atoms with Crippen LogP contribution in [0.4, 0.5) is 0 Å². The largest absolute Gasteiger partial charge is 0.397 e. The number of rotatable bonds is 0. The molecule has 0 radical (unpaired) electrons. The summed E-state index contributed by atoms with van der Waals surface area (Å²) in [6.45, 7) is 3.72. The molecule has 0 aliphatic carbocycles. The Morgan fingerprint density at radius 2 is 2.27 bits per heavy atom. The second kappa shape index (κ2) is 2.51. The Hall–Kier alpha value is -1.69. The monoisotopic (exact) mass is 147 g/mol. The predicted molar refractivity (Wildman–Crippen MR) is 42.9 cm³/mol. The number of nitriles is 1. The van der Waals surface area contributed by atoms with Crippen molar-refractivity contribution in [2.45, 2.75) is 0 Å². The smallest absolute Gasteiger partial charge is 0.120 e.